The first-order valence-electron chi connectivity index (χ1n) is 7.89. The second-order valence-electron chi connectivity index (χ2n) is 6.41. The molecule has 1 aromatic rings. The van der Waals surface area contributed by atoms with E-state index in [-0.39, 0.29) is 45.9 Å². The number of benzene rings is 1. The SMILES string of the molecule is C[C@@](O)(C(=O)Nc1ccc(S(C)(=O)=O)c(N2CC[S+]([O-])CC2)c1Cl)C(F)(F)F. The van der Waals surface area contributed by atoms with Crippen LogP contribution in [0.3, 0.4) is 0 Å². The fraction of sp³-hybridized carbons (Fsp3) is 0.533. The number of nitrogens with zero attached hydrogens (tertiary/aromatic N) is 1. The molecule has 0 spiro atoms. The molecule has 0 saturated carbocycles. The van der Waals surface area contributed by atoms with Gasteiger partial charge in [-0.25, -0.2) is 8.42 Å². The first-order valence-corrected chi connectivity index (χ1v) is 11.6. The minimum absolute atomic E-state index is 0.00492. The van der Waals surface area contributed by atoms with Crippen LogP contribution in [0.25, 0.3) is 0 Å². The van der Waals surface area contributed by atoms with Crippen LogP contribution >= 0.6 is 11.6 Å². The third-order valence-corrected chi connectivity index (χ3v) is 7.00. The first kappa shape index (κ1) is 23.1. The third-order valence-electron chi connectivity index (χ3n) is 4.21. The van der Waals surface area contributed by atoms with Gasteiger partial charge in [0.25, 0.3) is 5.91 Å². The van der Waals surface area contributed by atoms with Crippen molar-refractivity contribution in [2.75, 3.05) is 41.1 Å². The molecule has 2 rings (SSSR count). The summed E-state index contributed by atoms with van der Waals surface area (Å²) in [5.41, 5.74) is -3.95. The Morgan fingerprint density at radius 3 is 2.32 bits per heavy atom. The lowest BCUT2D eigenvalue weighted by Gasteiger charge is -2.32. The van der Waals surface area contributed by atoms with Crippen LogP contribution in [-0.4, -0.2) is 66.6 Å². The predicted molar refractivity (Wildman–Crippen MR) is 100.0 cm³/mol. The lowest BCUT2D eigenvalue weighted by molar-refractivity contribution is -0.242. The van der Waals surface area contributed by atoms with Crippen molar-refractivity contribution in [2.24, 2.45) is 0 Å². The van der Waals surface area contributed by atoms with Gasteiger partial charge in [-0.3, -0.25) is 4.79 Å². The number of carbonyl (C=O) groups excluding carboxylic acids is 1. The fourth-order valence-corrected chi connectivity index (χ4v) is 4.81. The molecule has 1 aromatic carbocycles. The summed E-state index contributed by atoms with van der Waals surface area (Å²) in [7, 11) is -3.76. The summed E-state index contributed by atoms with van der Waals surface area (Å²) in [5.74, 6) is -1.24. The monoisotopic (exact) mass is 462 g/mol. The highest BCUT2D eigenvalue weighted by Crippen LogP contribution is 2.40. The Bertz CT molecular complexity index is 869. The van der Waals surface area contributed by atoms with E-state index in [1.165, 1.54) is 0 Å². The van der Waals surface area contributed by atoms with Gasteiger partial charge in [-0.2, -0.15) is 13.2 Å². The maximum absolute atomic E-state index is 12.9. The lowest BCUT2D eigenvalue weighted by Crippen LogP contribution is -2.52. The van der Waals surface area contributed by atoms with Crippen LogP contribution in [0.1, 0.15) is 6.92 Å². The van der Waals surface area contributed by atoms with Gasteiger partial charge < -0.3 is 19.9 Å². The Kier molecular flexibility index (Phi) is 6.51. The minimum Gasteiger partial charge on any atom is -0.616 e. The molecule has 1 amide bonds. The summed E-state index contributed by atoms with van der Waals surface area (Å²) >= 11 is 5.17. The molecule has 158 valence electrons. The Labute approximate surface area is 167 Å². The largest absolute Gasteiger partial charge is 0.616 e. The van der Waals surface area contributed by atoms with E-state index in [0.29, 0.717) is 6.92 Å². The van der Waals surface area contributed by atoms with Gasteiger partial charge in [0.15, 0.2) is 9.84 Å². The van der Waals surface area contributed by atoms with E-state index in [4.69, 9.17) is 11.6 Å². The zero-order valence-electron chi connectivity index (χ0n) is 14.8. The molecule has 0 radical (unpaired) electrons. The van der Waals surface area contributed by atoms with Crippen LogP contribution in [0.15, 0.2) is 17.0 Å². The Morgan fingerprint density at radius 1 is 1.32 bits per heavy atom. The molecular weight excluding hydrogens is 445 g/mol. The Balaban J connectivity index is 2.48. The second-order valence-corrected chi connectivity index (χ2v) is 10.5. The minimum atomic E-state index is -5.23. The fourth-order valence-electron chi connectivity index (χ4n) is 2.47. The van der Waals surface area contributed by atoms with Gasteiger partial charge in [-0.1, -0.05) is 22.8 Å². The molecule has 13 heteroatoms. The van der Waals surface area contributed by atoms with Crippen LogP contribution in [0, 0.1) is 0 Å². The summed E-state index contributed by atoms with van der Waals surface area (Å²) in [6, 6.07) is 2.16. The van der Waals surface area contributed by atoms with E-state index in [0.717, 1.165) is 18.4 Å². The maximum Gasteiger partial charge on any atom is 0.426 e. The molecule has 1 heterocycles. The molecule has 2 N–H and O–H groups in total. The number of hydrogen-bond acceptors (Lipinski definition) is 6. The van der Waals surface area contributed by atoms with Crippen molar-refractivity contribution < 1.29 is 36.0 Å². The summed E-state index contributed by atoms with van der Waals surface area (Å²) in [6.07, 6.45) is -4.28. The van der Waals surface area contributed by atoms with Crippen molar-refractivity contribution in [1.82, 2.24) is 0 Å². The lowest BCUT2D eigenvalue weighted by atomic mass is 10.1. The Hall–Kier alpha value is -1.21. The van der Waals surface area contributed by atoms with Gasteiger partial charge in [-0.15, -0.1) is 0 Å². The summed E-state index contributed by atoms with van der Waals surface area (Å²) in [5, 5.41) is 11.1. The molecule has 7 nitrogen and oxygen atoms in total. The normalized spacial score (nSPS) is 18.6. The first-order chi connectivity index (χ1) is 12.7. The van der Waals surface area contributed by atoms with Crippen molar-refractivity contribution in [1.29, 1.82) is 0 Å². The van der Waals surface area contributed by atoms with E-state index >= 15 is 0 Å². The molecule has 1 aliphatic heterocycles. The molecule has 1 saturated heterocycles. The average molecular weight is 463 g/mol. The molecule has 0 aliphatic carbocycles. The average Bonchev–Trinajstić information content (AvgIpc) is 2.55. The molecule has 0 unspecified atom stereocenters. The summed E-state index contributed by atoms with van der Waals surface area (Å²) in [6.45, 7) is 0.723. The number of aliphatic hydroxyl groups is 1. The Morgan fingerprint density at radius 2 is 1.86 bits per heavy atom. The van der Waals surface area contributed by atoms with E-state index in [1.807, 2.05) is 5.32 Å². The number of anilines is 2. The van der Waals surface area contributed by atoms with E-state index in [9.17, 15) is 36.0 Å². The molecular formula is C15H18ClF3N2O5S2. The number of amides is 1. The quantitative estimate of drug-likeness (QED) is 0.657. The van der Waals surface area contributed by atoms with Gasteiger partial charge >= 0.3 is 6.18 Å². The molecule has 1 fully saturated rings. The van der Waals surface area contributed by atoms with Crippen LogP contribution < -0.4 is 10.2 Å². The smallest absolute Gasteiger partial charge is 0.426 e. The van der Waals surface area contributed by atoms with E-state index < -0.39 is 38.7 Å². The van der Waals surface area contributed by atoms with E-state index in [2.05, 4.69) is 0 Å². The van der Waals surface area contributed by atoms with Crippen molar-refractivity contribution >= 4 is 49.9 Å². The van der Waals surface area contributed by atoms with Gasteiger partial charge in [0.2, 0.25) is 5.60 Å². The van der Waals surface area contributed by atoms with E-state index in [1.54, 1.807) is 4.90 Å². The van der Waals surface area contributed by atoms with Gasteiger partial charge in [0.05, 0.1) is 34.4 Å². The molecule has 0 aromatic heterocycles. The molecule has 1 atom stereocenters. The summed E-state index contributed by atoms with van der Waals surface area (Å²) in [4.78, 5) is 13.3. The van der Waals surface area contributed by atoms with Crippen molar-refractivity contribution in [3.63, 3.8) is 0 Å². The number of rotatable bonds is 4. The van der Waals surface area contributed by atoms with Crippen molar-refractivity contribution in [3.8, 4) is 0 Å². The topological polar surface area (TPSA) is 110 Å². The predicted octanol–water partition coefficient (Wildman–Crippen LogP) is 1.56. The third kappa shape index (κ3) is 4.67. The zero-order chi connectivity index (χ0) is 21.5. The van der Waals surface area contributed by atoms with Crippen molar-refractivity contribution in [3.05, 3.63) is 17.2 Å². The standard InChI is InChI=1S/C15H18ClF3N2O5S2/c1-14(23,15(17,18)19)13(22)20-9-3-4-10(28(2,25)26)12(11(9)16)21-5-7-27(24)8-6-21/h3-4,23H,5-8H2,1-2H3,(H,20,22)/t14-/m1/s1. The highest BCUT2D eigenvalue weighted by Gasteiger charge is 2.55. The van der Waals surface area contributed by atoms with Crippen molar-refractivity contribution in [2.45, 2.75) is 23.6 Å². The number of alkyl halides is 3. The van der Waals surface area contributed by atoms with Crippen LogP contribution in [0.5, 0.6) is 0 Å². The highest BCUT2D eigenvalue weighted by molar-refractivity contribution is 7.91. The highest BCUT2D eigenvalue weighted by atomic mass is 35.5. The van der Waals surface area contributed by atoms with Gasteiger partial charge in [0, 0.05) is 6.26 Å². The number of carbonyl (C=O) groups is 1. The number of halogens is 4. The number of sulfone groups is 1. The van der Waals surface area contributed by atoms with Crippen LogP contribution in [0.4, 0.5) is 24.5 Å². The number of nitrogens with one attached hydrogen (secondary N) is 1. The van der Waals surface area contributed by atoms with Gasteiger partial charge in [0.1, 0.15) is 11.5 Å². The zero-order valence-corrected chi connectivity index (χ0v) is 17.2. The van der Waals surface area contributed by atoms with Crippen LogP contribution in [0.2, 0.25) is 5.02 Å². The van der Waals surface area contributed by atoms with Crippen LogP contribution in [-0.2, 0) is 25.8 Å². The molecule has 1 aliphatic rings. The number of hydrogen-bond donors (Lipinski definition) is 2. The maximum atomic E-state index is 12.9. The second kappa shape index (κ2) is 7.90. The molecule has 0 bridgehead atoms. The van der Waals surface area contributed by atoms with Gasteiger partial charge in [-0.05, 0) is 19.1 Å². The molecule has 28 heavy (non-hydrogen) atoms. The summed E-state index contributed by atoms with van der Waals surface area (Å²) < 4.78 is 74.4.